The third kappa shape index (κ3) is 5.58. The van der Waals surface area contributed by atoms with Gasteiger partial charge in [0, 0.05) is 11.8 Å². The van der Waals surface area contributed by atoms with Crippen molar-refractivity contribution in [1.82, 2.24) is 0 Å². The van der Waals surface area contributed by atoms with Crippen molar-refractivity contribution in [2.45, 2.75) is 77.3 Å². The molecule has 0 aromatic heterocycles. The molecule has 35 heavy (non-hydrogen) atoms. The second-order valence-electron chi connectivity index (χ2n) is 10.1. The zero-order valence-electron chi connectivity index (χ0n) is 20.6. The van der Waals surface area contributed by atoms with Gasteiger partial charge in [-0.3, -0.25) is 4.79 Å². The third-order valence-corrected chi connectivity index (χ3v) is 6.41. The Hall–Kier alpha value is -2.33. The molecule has 0 saturated carbocycles. The lowest BCUT2D eigenvalue weighted by atomic mass is 9.73. The lowest BCUT2D eigenvalue weighted by molar-refractivity contribution is -0.310. The number of rotatable bonds is 8. The summed E-state index contributed by atoms with van der Waals surface area (Å²) >= 11 is 0. The van der Waals surface area contributed by atoms with Crippen LogP contribution in [-0.2, 0) is 29.0 Å². The third-order valence-electron chi connectivity index (χ3n) is 6.41. The lowest BCUT2D eigenvalue weighted by Crippen LogP contribution is -2.72. The summed E-state index contributed by atoms with van der Waals surface area (Å²) < 4.78 is 11.7. The van der Waals surface area contributed by atoms with Crippen LogP contribution in [0.3, 0.4) is 0 Å². The average Bonchev–Trinajstić information content (AvgIpc) is 2.84. The largest absolute Gasteiger partial charge is 0.461 e. The smallest absolute Gasteiger partial charge is 0.239 e. The first-order chi connectivity index (χ1) is 16.4. The normalized spacial score (nSPS) is 27.0. The van der Waals surface area contributed by atoms with E-state index < -0.39 is 48.0 Å². The molecule has 2 aromatic carbocycles. The second kappa shape index (κ2) is 10.7. The minimum atomic E-state index is -2.61. The average molecular weight is 489 g/mol. The van der Waals surface area contributed by atoms with E-state index in [9.17, 15) is 30.3 Å². The van der Waals surface area contributed by atoms with Gasteiger partial charge in [0.2, 0.25) is 11.9 Å². The predicted octanol–water partition coefficient (Wildman–Crippen LogP) is 1.50. The number of aryl methyl sites for hydroxylation is 1. The summed E-state index contributed by atoms with van der Waals surface area (Å²) in [5.74, 6) is -0.547. The Morgan fingerprint density at radius 2 is 1.63 bits per heavy atom. The van der Waals surface area contributed by atoms with Gasteiger partial charge in [0.25, 0.3) is 0 Å². The number of aliphatic hydroxyl groups excluding tert-OH is 4. The van der Waals surface area contributed by atoms with Gasteiger partial charge in [0.1, 0.15) is 24.1 Å². The maximum absolute atomic E-state index is 13.3. The molecule has 3 rings (SSSR count). The first-order valence-electron chi connectivity index (χ1n) is 11.8. The molecule has 0 bridgehead atoms. The van der Waals surface area contributed by atoms with E-state index in [4.69, 9.17) is 9.47 Å². The van der Waals surface area contributed by atoms with Gasteiger partial charge in [-0.25, -0.2) is 0 Å². The van der Waals surface area contributed by atoms with Gasteiger partial charge >= 0.3 is 0 Å². The molecule has 1 saturated heterocycles. The first-order valence-corrected chi connectivity index (χ1v) is 11.8. The number of benzene rings is 2. The quantitative estimate of drug-likeness (QED) is 0.377. The van der Waals surface area contributed by atoms with Gasteiger partial charge in [-0.05, 0) is 34.7 Å². The van der Waals surface area contributed by atoms with E-state index in [2.05, 4.69) is 6.92 Å². The molecular formula is C27H36O8. The van der Waals surface area contributed by atoms with Crippen molar-refractivity contribution in [2.75, 3.05) is 6.61 Å². The number of Topliss-reactive ketones (excluding diaryl/α,β-unsaturated/α-hetero) is 1. The fourth-order valence-electron chi connectivity index (χ4n) is 4.24. The van der Waals surface area contributed by atoms with Crippen molar-refractivity contribution >= 4 is 5.78 Å². The molecule has 8 heteroatoms. The van der Waals surface area contributed by atoms with Crippen LogP contribution in [-0.4, -0.2) is 68.1 Å². The summed E-state index contributed by atoms with van der Waals surface area (Å²) in [5.41, 5.74) is -0.294. The standard InChI is InChI=1S/C27H36O8/c1-5-16-6-8-17(9-7-16)12-19-11-10-18(14-28)13-20(19)34-25-27(33,24(32)26(2,3)4)23(31)22(30)21(15-29)35-25/h6-11,13,21-23,25,28-31,33H,5,12,14-15H2,1-4H3/t21-,22-,23+,25+,27+/m1/s1. The van der Waals surface area contributed by atoms with Crippen LogP contribution in [0.25, 0.3) is 0 Å². The van der Waals surface area contributed by atoms with Crippen LogP contribution >= 0.6 is 0 Å². The summed E-state index contributed by atoms with van der Waals surface area (Å²) in [7, 11) is 0. The van der Waals surface area contributed by atoms with Crippen molar-refractivity contribution in [3.05, 3.63) is 64.7 Å². The van der Waals surface area contributed by atoms with Crippen molar-refractivity contribution < 1.29 is 39.8 Å². The summed E-state index contributed by atoms with van der Waals surface area (Å²) in [4.78, 5) is 13.3. The maximum atomic E-state index is 13.3. The van der Waals surface area contributed by atoms with E-state index in [1.807, 2.05) is 24.3 Å². The van der Waals surface area contributed by atoms with Gasteiger partial charge < -0.3 is 35.0 Å². The van der Waals surface area contributed by atoms with Gasteiger partial charge in [0.05, 0.1) is 13.2 Å². The molecule has 2 aromatic rings. The summed E-state index contributed by atoms with van der Waals surface area (Å²) in [5, 5.41) is 52.0. The van der Waals surface area contributed by atoms with E-state index in [-0.39, 0.29) is 12.4 Å². The highest BCUT2D eigenvalue weighted by Gasteiger charge is 2.62. The van der Waals surface area contributed by atoms with Crippen LogP contribution in [0.2, 0.25) is 0 Å². The highest BCUT2D eigenvalue weighted by Crippen LogP contribution is 2.38. The van der Waals surface area contributed by atoms with Crippen LogP contribution in [0.1, 0.15) is 49.9 Å². The highest BCUT2D eigenvalue weighted by molar-refractivity contribution is 5.93. The SMILES string of the molecule is CCc1ccc(Cc2ccc(CO)cc2O[C@H]2O[C@H](CO)[C@@H](O)[C@H](O)[C@]2(O)C(=O)C(C)(C)C)cc1. The van der Waals surface area contributed by atoms with Crippen LogP contribution in [0, 0.1) is 5.41 Å². The number of aliphatic hydroxyl groups is 5. The monoisotopic (exact) mass is 488 g/mol. The maximum Gasteiger partial charge on any atom is 0.239 e. The van der Waals surface area contributed by atoms with Gasteiger partial charge in [0.15, 0.2) is 5.78 Å². The minimum Gasteiger partial charge on any atom is -0.461 e. The molecule has 1 fully saturated rings. The Balaban J connectivity index is 2.03. The van der Waals surface area contributed by atoms with Crippen molar-refractivity contribution in [2.24, 2.45) is 5.41 Å². The number of hydrogen-bond acceptors (Lipinski definition) is 8. The fourth-order valence-corrected chi connectivity index (χ4v) is 4.24. The van der Waals surface area contributed by atoms with Gasteiger partial charge in [-0.15, -0.1) is 0 Å². The topological polar surface area (TPSA) is 137 Å². The highest BCUT2D eigenvalue weighted by atomic mass is 16.7. The van der Waals surface area contributed by atoms with Gasteiger partial charge in [-0.2, -0.15) is 0 Å². The zero-order valence-corrected chi connectivity index (χ0v) is 20.6. The Bertz CT molecular complexity index is 1010. The Morgan fingerprint density at radius 3 is 2.17 bits per heavy atom. The lowest BCUT2D eigenvalue weighted by Gasteiger charge is -2.48. The second-order valence-corrected chi connectivity index (χ2v) is 10.1. The predicted molar refractivity (Wildman–Crippen MR) is 129 cm³/mol. The van der Waals surface area contributed by atoms with Crippen molar-refractivity contribution in [3.63, 3.8) is 0 Å². The first kappa shape index (κ1) is 27.3. The van der Waals surface area contributed by atoms with Crippen molar-refractivity contribution in [1.29, 1.82) is 0 Å². The van der Waals surface area contributed by atoms with E-state index in [0.29, 0.717) is 17.5 Å². The minimum absolute atomic E-state index is 0.238. The Labute approximate surface area is 205 Å². The van der Waals surface area contributed by atoms with Crippen LogP contribution in [0.4, 0.5) is 0 Å². The van der Waals surface area contributed by atoms with Crippen LogP contribution < -0.4 is 4.74 Å². The van der Waals surface area contributed by atoms with Crippen LogP contribution in [0.5, 0.6) is 5.75 Å². The molecular weight excluding hydrogens is 452 g/mol. The molecule has 5 N–H and O–H groups in total. The number of carbonyl (C=O) groups excluding carboxylic acids is 1. The molecule has 5 atom stereocenters. The molecule has 0 radical (unpaired) electrons. The van der Waals surface area contributed by atoms with Gasteiger partial charge in [-0.1, -0.05) is 64.1 Å². The summed E-state index contributed by atoms with van der Waals surface area (Å²) in [6.45, 7) is 5.85. The Morgan fingerprint density at radius 1 is 1.03 bits per heavy atom. The molecule has 0 aliphatic carbocycles. The molecule has 1 aliphatic heterocycles. The molecule has 8 nitrogen and oxygen atoms in total. The molecule has 0 unspecified atom stereocenters. The molecule has 1 aliphatic rings. The van der Waals surface area contributed by atoms with E-state index in [1.165, 1.54) is 5.56 Å². The fraction of sp³-hybridized carbons (Fsp3) is 0.519. The molecule has 192 valence electrons. The van der Waals surface area contributed by atoms with E-state index in [0.717, 1.165) is 12.0 Å². The summed E-state index contributed by atoms with van der Waals surface area (Å²) in [6, 6.07) is 13.2. The molecule has 0 spiro atoms. The molecule has 0 amide bonds. The van der Waals surface area contributed by atoms with E-state index >= 15 is 0 Å². The Kier molecular flexibility index (Phi) is 8.36. The number of ether oxygens (including phenoxy) is 2. The molecule has 1 heterocycles. The van der Waals surface area contributed by atoms with E-state index in [1.54, 1.807) is 39.0 Å². The van der Waals surface area contributed by atoms with Crippen LogP contribution in [0.15, 0.2) is 42.5 Å². The number of carbonyl (C=O) groups is 1. The number of hydrogen-bond donors (Lipinski definition) is 5. The van der Waals surface area contributed by atoms with Crippen molar-refractivity contribution in [3.8, 4) is 5.75 Å². The zero-order chi connectivity index (χ0) is 26.0. The number of ketones is 1. The summed E-state index contributed by atoms with van der Waals surface area (Å²) in [6.07, 6.45) is -5.31.